The lowest BCUT2D eigenvalue weighted by Gasteiger charge is -2.08. The fraction of sp³-hybridized carbons (Fsp3) is 0. The van der Waals surface area contributed by atoms with Gasteiger partial charge in [0.2, 0.25) is 0 Å². The lowest BCUT2D eigenvalue weighted by atomic mass is 10.3. The first-order chi connectivity index (χ1) is 8.04. The highest BCUT2D eigenvalue weighted by atomic mass is 35.5. The Kier molecular flexibility index (Phi) is 3.62. The number of anilines is 3. The van der Waals surface area contributed by atoms with Gasteiger partial charge in [0.1, 0.15) is 11.0 Å². The molecule has 0 bridgehead atoms. The third kappa shape index (κ3) is 3.16. The average Bonchev–Trinajstić information content (AvgIpc) is 2.21. The van der Waals surface area contributed by atoms with Crippen LogP contribution < -0.4 is 11.1 Å². The van der Waals surface area contributed by atoms with Gasteiger partial charge >= 0.3 is 0 Å². The summed E-state index contributed by atoms with van der Waals surface area (Å²) in [6.07, 6.45) is 0. The Morgan fingerprint density at radius 2 is 1.82 bits per heavy atom. The lowest BCUT2D eigenvalue weighted by Crippen LogP contribution is -1.96. The van der Waals surface area contributed by atoms with Gasteiger partial charge in [0.15, 0.2) is 0 Å². The number of nitrogens with zero attached hydrogens (tertiary/aromatic N) is 1. The van der Waals surface area contributed by atoms with Crippen molar-refractivity contribution in [2.75, 3.05) is 11.1 Å². The molecule has 3 nitrogen and oxygen atoms in total. The second kappa shape index (κ2) is 5.00. The molecule has 2 rings (SSSR count). The van der Waals surface area contributed by atoms with Crippen molar-refractivity contribution in [1.82, 2.24) is 4.98 Å². The van der Waals surface area contributed by atoms with Crippen LogP contribution in [0.4, 0.5) is 17.2 Å². The molecule has 0 fully saturated rings. The number of pyridine rings is 1. The maximum atomic E-state index is 6.02. The standard InChI is InChI=1S/C11H8Cl3N3/c12-6-1-2-9(8(13)3-6)16-11-5-7(15)4-10(14)17-11/h1-5H,(H3,15,16,17). The summed E-state index contributed by atoms with van der Waals surface area (Å²) in [5.41, 5.74) is 6.87. The van der Waals surface area contributed by atoms with Crippen molar-refractivity contribution < 1.29 is 0 Å². The minimum absolute atomic E-state index is 0.317. The molecule has 2 aromatic rings. The molecule has 0 aliphatic rings. The van der Waals surface area contributed by atoms with Crippen LogP contribution in [0.2, 0.25) is 15.2 Å². The van der Waals surface area contributed by atoms with E-state index in [-0.39, 0.29) is 0 Å². The van der Waals surface area contributed by atoms with Gasteiger partial charge in [0, 0.05) is 16.8 Å². The van der Waals surface area contributed by atoms with Crippen LogP contribution in [-0.2, 0) is 0 Å². The van der Waals surface area contributed by atoms with E-state index >= 15 is 0 Å². The van der Waals surface area contributed by atoms with Gasteiger partial charge in [-0.05, 0) is 24.3 Å². The van der Waals surface area contributed by atoms with E-state index in [1.54, 1.807) is 30.3 Å². The Labute approximate surface area is 114 Å². The first kappa shape index (κ1) is 12.3. The fourth-order valence-corrected chi connectivity index (χ4v) is 1.98. The molecule has 0 saturated carbocycles. The monoisotopic (exact) mass is 287 g/mol. The van der Waals surface area contributed by atoms with Gasteiger partial charge in [0.25, 0.3) is 0 Å². The Morgan fingerprint density at radius 1 is 1.06 bits per heavy atom. The summed E-state index contributed by atoms with van der Waals surface area (Å²) in [4.78, 5) is 4.08. The summed E-state index contributed by atoms with van der Waals surface area (Å²) in [6.45, 7) is 0. The molecule has 0 aliphatic heterocycles. The number of nitrogens with one attached hydrogen (secondary N) is 1. The molecule has 17 heavy (non-hydrogen) atoms. The van der Waals surface area contributed by atoms with Crippen molar-refractivity contribution in [3.05, 3.63) is 45.5 Å². The van der Waals surface area contributed by atoms with Crippen LogP contribution in [-0.4, -0.2) is 4.98 Å². The van der Waals surface area contributed by atoms with Crippen molar-refractivity contribution in [2.24, 2.45) is 0 Å². The Balaban J connectivity index is 2.31. The number of hydrogen-bond acceptors (Lipinski definition) is 3. The number of nitrogens with two attached hydrogens (primary N) is 1. The molecule has 6 heteroatoms. The summed E-state index contributed by atoms with van der Waals surface area (Å²) in [6, 6.07) is 8.35. The van der Waals surface area contributed by atoms with Crippen LogP contribution in [0.3, 0.4) is 0 Å². The highest BCUT2D eigenvalue weighted by Gasteiger charge is 2.04. The summed E-state index contributed by atoms with van der Waals surface area (Å²) >= 11 is 17.6. The molecular weight excluding hydrogens is 281 g/mol. The molecule has 1 heterocycles. The molecule has 1 aromatic carbocycles. The molecule has 0 spiro atoms. The molecule has 1 aromatic heterocycles. The number of hydrogen-bond donors (Lipinski definition) is 2. The fourth-order valence-electron chi connectivity index (χ4n) is 1.31. The van der Waals surface area contributed by atoms with Crippen LogP contribution in [0.5, 0.6) is 0 Å². The first-order valence-corrected chi connectivity index (χ1v) is 5.83. The zero-order chi connectivity index (χ0) is 12.4. The van der Waals surface area contributed by atoms with Crippen LogP contribution in [0.15, 0.2) is 30.3 Å². The maximum Gasteiger partial charge on any atom is 0.134 e. The molecule has 0 radical (unpaired) electrons. The van der Waals surface area contributed by atoms with Gasteiger partial charge < -0.3 is 11.1 Å². The zero-order valence-corrected chi connectivity index (χ0v) is 10.8. The van der Waals surface area contributed by atoms with Gasteiger partial charge in [-0.15, -0.1) is 0 Å². The quantitative estimate of drug-likeness (QED) is 0.807. The minimum atomic E-state index is 0.317. The molecule has 0 unspecified atom stereocenters. The SMILES string of the molecule is Nc1cc(Cl)nc(Nc2ccc(Cl)cc2Cl)c1. The smallest absolute Gasteiger partial charge is 0.134 e. The molecule has 0 aliphatic carbocycles. The molecule has 88 valence electrons. The topological polar surface area (TPSA) is 50.9 Å². The Hall–Kier alpha value is -1.16. The predicted octanol–water partition coefficient (Wildman–Crippen LogP) is 4.37. The third-order valence-electron chi connectivity index (χ3n) is 2.01. The van der Waals surface area contributed by atoms with E-state index in [1.807, 2.05) is 0 Å². The summed E-state index contributed by atoms with van der Waals surface area (Å²) in [5, 5.41) is 4.40. The lowest BCUT2D eigenvalue weighted by molar-refractivity contribution is 1.31. The third-order valence-corrected chi connectivity index (χ3v) is 2.75. The van der Waals surface area contributed by atoms with E-state index in [0.29, 0.717) is 32.4 Å². The largest absolute Gasteiger partial charge is 0.399 e. The summed E-state index contributed by atoms with van der Waals surface area (Å²) in [5.74, 6) is 0.527. The van der Waals surface area contributed by atoms with Gasteiger partial charge in [-0.3, -0.25) is 0 Å². The second-order valence-corrected chi connectivity index (χ2v) is 4.59. The number of aromatic nitrogens is 1. The van der Waals surface area contributed by atoms with Crippen molar-refractivity contribution in [2.45, 2.75) is 0 Å². The van der Waals surface area contributed by atoms with Gasteiger partial charge in [0.05, 0.1) is 10.7 Å². The zero-order valence-electron chi connectivity index (χ0n) is 8.55. The second-order valence-electron chi connectivity index (χ2n) is 3.36. The molecule has 0 saturated heterocycles. The van der Waals surface area contributed by atoms with Crippen molar-refractivity contribution in [1.29, 1.82) is 0 Å². The van der Waals surface area contributed by atoms with Crippen LogP contribution >= 0.6 is 34.8 Å². The van der Waals surface area contributed by atoms with Crippen molar-refractivity contribution in [3.63, 3.8) is 0 Å². The van der Waals surface area contributed by atoms with Crippen LogP contribution in [0, 0.1) is 0 Å². The van der Waals surface area contributed by atoms with E-state index in [0.717, 1.165) is 0 Å². The predicted molar refractivity (Wildman–Crippen MR) is 73.4 cm³/mol. The summed E-state index contributed by atoms with van der Waals surface area (Å²) < 4.78 is 0. The number of nitrogen functional groups attached to an aromatic ring is 1. The summed E-state index contributed by atoms with van der Waals surface area (Å²) in [7, 11) is 0. The minimum Gasteiger partial charge on any atom is -0.399 e. The Morgan fingerprint density at radius 3 is 2.47 bits per heavy atom. The first-order valence-electron chi connectivity index (χ1n) is 4.70. The number of halogens is 3. The van der Waals surface area contributed by atoms with Crippen molar-refractivity contribution >= 4 is 52.0 Å². The molecule has 0 atom stereocenters. The highest BCUT2D eigenvalue weighted by molar-refractivity contribution is 6.36. The molecular formula is C11H8Cl3N3. The van der Waals surface area contributed by atoms with E-state index in [1.165, 1.54) is 0 Å². The normalized spacial score (nSPS) is 10.3. The molecule has 3 N–H and O–H groups in total. The Bertz CT molecular complexity index is 537. The van der Waals surface area contributed by atoms with Gasteiger partial charge in [-0.25, -0.2) is 4.98 Å². The van der Waals surface area contributed by atoms with E-state index in [9.17, 15) is 0 Å². The molecule has 0 amide bonds. The highest BCUT2D eigenvalue weighted by Crippen LogP contribution is 2.28. The number of rotatable bonds is 2. The van der Waals surface area contributed by atoms with E-state index in [2.05, 4.69) is 10.3 Å². The maximum absolute atomic E-state index is 6.02. The van der Waals surface area contributed by atoms with E-state index < -0.39 is 0 Å². The van der Waals surface area contributed by atoms with Crippen molar-refractivity contribution in [3.8, 4) is 0 Å². The van der Waals surface area contributed by atoms with E-state index in [4.69, 9.17) is 40.5 Å². The number of benzene rings is 1. The van der Waals surface area contributed by atoms with Gasteiger partial charge in [-0.2, -0.15) is 0 Å². The van der Waals surface area contributed by atoms with Gasteiger partial charge in [-0.1, -0.05) is 34.8 Å². The van der Waals surface area contributed by atoms with Crippen LogP contribution in [0.1, 0.15) is 0 Å². The average molecular weight is 289 g/mol. The van der Waals surface area contributed by atoms with Crippen LogP contribution in [0.25, 0.3) is 0 Å².